The van der Waals surface area contributed by atoms with Gasteiger partial charge >= 0.3 is 0 Å². The standard InChI is InChI=1S/C15H16N2O2/c16-10-5-6-11-12(7-10)15(19)17(14(11)18)13(8-1-2-8)9-3-4-9/h5-9,13H,1-4,16H2. The Hall–Kier alpha value is -1.84. The average molecular weight is 256 g/mol. The molecule has 1 heterocycles. The number of amides is 2. The Morgan fingerprint density at radius 3 is 2.16 bits per heavy atom. The summed E-state index contributed by atoms with van der Waals surface area (Å²) in [5.74, 6) is 0.805. The van der Waals surface area contributed by atoms with Gasteiger partial charge in [-0.15, -0.1) is 0 Å². The maximum absolute atomic E-state index is 12.5. The molecule has 0 saturated heterocycles. The zero-order chi connectivity index (χ0) is 13.1. The molecule has 1 aromatic rings. The van der Waals surface area contributed by atoms with Crippen LogP contribution in [0.15, 0.2) is 18.2 Å². The number of nitrogen functional groups attached to an aromatic ring is 1. The summed E-state index contributed by atoms with van der Waals surface area (Å²) in [6.07, 6.45) is 4.60. The Bertz CT molecular complexity index is 576. The first-order chi connectivity index (χ1) is 9.16. The summed E-state index contributed by atoms with van der Waals surface area (Å²) in [4.78, 5) is 26.5. The van der Waals surface area contributed by atoms with Crippen LogP contribution in [0.5, 0.6) is 0 Å². The van der Waals surface area contributed by atoms with E-state index in [4.69, 9.17) is 5.73 Å². The van der Waals surface area contributed by atoms with E-state index in [-0.39, 0.29) is 17.9 Å². The SMILES string of the molecule is Nc1ccc2c(c1)C(=O)N(C(C1CC1)C1CC1)C2=O. The molecule has 0 aromatic heterocycles. The highest BCUT2D eigenvalue weighted by Crippen LogP contribution is 2.48. The molecule has 0 radical (unpaired) electrons. The quantitative estimate of drug-likeness (QED) is 0.665. The lowest BCUT2D eigenvalue weighted by atomic mass is 10.1. The third-order valence-corrected chi connectivity index (χ3v) is 4.45. The molecule has 1 aliphatic heterocycles. The van der Waals surface area contributed by atoms with Crippen LogP contribution in [-0.4, -0.2) is 22.8 Å². The van der Waals surface area contributed by atoms with Gasteiger partial charge < -0.3 is 5.73 Å². The van der Waals surface area contributed by atoms with Gasteiger partial charge in [0.15, 0.2) is 0 Å². The maximum Gasteiger partial charge on any atom is 0.261 e. The molecule has 3 aliphatic rings. The van der Waals surface area contributed by atoms with Crippen molar-refractivity contribution in [2.45, 2.75) is 31.7 Å². The number of rotatable bonds is 3. The topological polar surface area (TPSA) is 63.4 Å². The molecule has 2 aliphatic carbocycles. The molecule has 0 bridgehead atoms. The van der Waals surface area contributed by atoms with Crippen molar-refractivity contribution in [1.29, 1.82) is 0 Å². The van der Waals surface area contributed by atoms with E-state index < -0.39 is 0 Å². The van der Waals surface area contributed by atoms with Crippen LogP contribution in [0.1, 0.15) is 46.4 Å². The van der Waals surface area contributed by atoms with Gasteiger partial charge in [-0.25, -0.2) is 0 Å². The number of imide groups is 1. The second-order valence-corrected chi connectivity index (χ2v) is 5.95. The van der Waals surface area contributed by atoms with Crippen LogP contribution in [-0.2, 0) is 0 Å². The van der Waals surface area contributed by atoms with E-state index in [1.807, 2.05) is 0 Å². The molecule has 2 amide bonds. The van der Waals surface area contributed by atoms with Crippen molar-refractivity contribution in [3.63, 3.8) is 0 Å². The summed E-state index contributed by atoms with van der Waals surface area (Å²) in [5.41, 5.74) is 7.26. The summed E-state index contributed by atoms with van der Waals surface area (Å²) < 4.78 is 0. The Balaban J connectivity index is 1.75. The van der Waals surface area contributed by atoms with E-state index in [2.05, 4.69) is 0 Å². The van der Waals surface area contributed by atoms with Crippen LogP contribution in [0, 0.1) is 11.8 Å². The van der Waals surface area contributed by atoms with E-state index >= 15 is 0 Å². The molecule has 2 saturated carbocycles. The summed E-state index contributed by atoms with van der Waals surface area (Å²) in [6, 6.07) is 5.14. The molecule has 98 valence electrons. The fourth-order valence-electron chi connectivity index (χ4n) is 3.23. The van der Waals surface area contributed by atoms with Gasteiger partial charge in [-0.1, -0.05) is 0 Å². The van der Waals surface area contributed by atoms with Crippen molar-refractivity contribution in [3.05, 3.63) is 29.3 Å². The minimum atomic E-state index is -0.143. The van der Waals surface area contributed by atoms with Crippen LogP contribution in [0.2, 0.25) is 0 Å². The van der Waals surface area contributed by atoms with Crippen LogP contribution in [0.4, 0.5) is 5.69 Å². The Morgan fingerprint density at radius 2 is 1.58 bits per heavy atom. The van der Waals surface area contributed by atoms with Gasteiger partial charge in [-0.2, -0.15) is 0 Å². The number of benzene rings is 1. The zero-order valence-corrected chi connectivity index (χ0v) is 10.6. The fourth-order valence-corrected chi connectivity index (χ4v) is 3.23. The van der Waals surface area contributed by atoms with Crippen molar-refractivity contribution in [1.82, 2.24) is 4.90 Å². The van der Waals surface area contributed by atoms with Gasteiger partial charge in [0.2, 0.25) is 0 Å². The lowest BCUT2D eigenvalue weighted by molar-refractivity contribution is 0.0541. The smallest absolute Gasteiger partial charge is 0.261 e. The molecule has 4 rings (SSSR count). The highest BCUT2D eigenvalue weighted by molar-refractivity contribution is 6.22. The average Bonchev–Trinajstić information content (AvgIpc) is 3.26. The molecule has 1 aromatic carbocycles. The normalized spacial score (nSPS) is 22.3. The predicted molar refractivity (Wildman–Crippen MR) is 70.6 cm³/mol. The minimum absolute atomic E-state index is 0.121. The highest BCUT2D eigenvalue weighted by atomic mass is 16.2. The molecule has 19 heavy (non-hydrogen) atoms. The van der Waals surface area contributed by atoms with Gasteiger partial charge in [0, 0.05) is 11.7 Å². The van der Waals surface area contributed by atoms with E-state index in [1.54, 1.807) is 18.2 Å². The monoisotopic (exact) mass is 256 g/mol. The molecule has 4 nitrogen and oxygen atoms in total. The Morgan fingerprint density at radius 1 is 1.00 bits per heavy atom. The number of nitrogens with zero attached hydrogens (tertiary/aromatic N) is 1. The lowest BCUT2D eigenvalue weighted by Gasteiger charge is -2.26. The second-order valence-electron chi connectivity index (χ2n) is 5.95. The summed E-state index contributed by atoms with van der Waals surface area (Å²) >= 11 is 0. The molecular formula is C15H16N2O2. The molecule has 2 N–H and O–H groups in total. The van der Waals surface area contributed by atoms with Crippen LogP contribution in [0.3, 0.4) is 0 Å². The number of carbonyl (C=O) groups is 2. The van der Waals surface area contributed by atoms with Crippen molar-refractivity contribution in [2.75, 3.05) is 5.73 Å². The first-order valence-electron chi connectivity index (χ1n) is 6.94. The zero-order valence-electron chi connectivity index (χ0n) is 10.6. The molecule has 0 atom stereocenters. The van der Waals surface area contributed by atoms with Crippen molar-refractivity contribution < 1.29 is 9.59 Å². The van der Waals surface area contributed by atoms with Gasteiger partial charge in [0.1, 0.15) is 0 Å². The van der Waals surface area contributed by atoms with Crippen molar-refractivity contribution in [2.24, 2.45) is 11.8 Å². The fraction of sp³-hybridized carbons (Fsp3) is 0.467. The number of fused-ring (bicyclic) bond motifs is 1. The van der Waals surface area contributed by atoms with Gasteiger partial charge in [-0.3, -0.25) is 14.5 Å². The van der Waals surface area contributed by atoms with E-state index in [9.17, 15) is 9.59 Å². The third kappa shape index (κ3) is 1.59. The van der Waals surface area contributed by atoms with Gasteiger partial charge in [0.25, 0.3) is 11.8 Å². The summed E-state index contributed by atoms with van der Waals surface area (Å²) in [5, 5.41) is 0. The number of anilines is 1. The number of nitrogens with two attached hydrogens (primary N) is 1. The Kier molecular flexibility index (Phi) is 2.08. The van der Waals surface area contributed by atoms with Crippen LogP contribution < -0.4 is 5.73 Å². The van der Waals surface area contributed by atoms with E-state index in [0.717, 1.165) is 25.7 Å². The lowest BCUT2D eigenvalue weighted by Crippen LogP contribution is -2.42. The number of hydrogen-bond acceptors (Lipinski definition) is 3. The maximum atomic E-state index is 12.5. The Labute approximate surface area is 111 Å². The molecular weight excluding hydrogens is 240 g/mol. The predicted octanol–water partition coefficient (Wildman–Crippen LogP) is 2.05. The van der Waals surface area contributed by atoms with Crippen molar-refractivity contribution in [3.8, 4) is 0 Å². The minimum Gasteiger partial charge on any atom is -0.399 e. The van der Waals surface area contributed by atoms with Gasteiger partial charge in [0.05, 0.1) is 11.1 Å². The number of carbonyl (C=O) groups excluding carboxylic acids is 2. The first kappa shape index (κ1) is 11.0. The van der Waals surface area contributed by atoms with E-state index in [1.165, 1.54) is 4.90 Å². The molecule has 0 spiro atoms. The first-order valence-corrected chi connectivity index (χ1v) is 6.94. The number of hydrogen-bond donors (Lipinski definition) is 1. The highest BCUT2D eigenvalue weighted by Gasteiger charge is 2.51. The van der Waals surface area contributed by atoms with Gasteiger partial charge in [-0.05, 0) is 55.7 Å². The molecule has 4 heteroatoms. The molecule has 0 unspecified atom stereocenters. The van der Waals surface area contributed by atoms with E-state index in [0.29, 0.717) is 28.7 Å². The van der Waals surface area contributed by atoms with Crippen LogP contribution >= 0.6 is 0 Å². The second kappa shape index (κ2) is 3.59. The summed E-state index contributed by atoms with van der Waals surface area (Å²) in [6.45, 7) is 0. The molecule has 2 fully saturated rings. The largest absolute Gasteiger partial charge is 0.399 e. The third-order valence-electron chi connectivity index (χ3n) is 4.45. The van der Waals surface area contributed by atoms with Crippen molar-refractivity contribution >= 4 is 17.5 Å². The van der Waals surface area contributed by atoms with Crippen LogP contribution in [0.25, 0.3) is 0 Å². The summed E-state index contributed by atoms with van der Waals surface area (Å²) in [7, 11) is 0.